The van der Waals surface area contributed by atoms with Gasteiger partial charge in [0.25, 0.3) is 5.91 Å². The Balaban J connectivity index is 1.45. The number of nitrogens with zero attached hydrogens (tertiary/aromatic N) is 3. The zero-order chi connectivity index (χ0) is 20.0. The molecule has 1 aliphatic rings. The van der Waals surface area contributed by atoms with Gasteiger partial charge in [-0.1, -0.05) is 41.1 Å². The number of nitrogens with one attached hydrogen (secondary N) is 1. The molecule has 3 heterocycles. The first-order valence-electron chi connectivity index (χ1n) is 8.92. The maximum atomic E-state index is 12.9. The van der Waals surface area contributed by atoms with Crippen molar-refractivity contribution in [3.63, 3.8) is 0 Å². The number of thiazole rings is 1. The third-order valence-corrected chi connectivity index (χ3v) is 5.79. The van der Waals surface area contributed by atoms with Crippen molar-refractivity contribution in [2.45, 2.75) is 6.92 Å². The fourth-order valence-electron chi connectivity index (χ4n) is 3.18. The van der Waals surface area contributed by atoms with E-state index in [0.717, 1.165) is 15.9 Å². The minimum Gasteiger partial charge on any atom is -0.486 e. The Labute approximate surface area is 174 Å². The number of carbonyl (C=O) groups excluding carboxylic acids is 1. The number of amides is 1. The smallest absolute Gasteiger partial charge is 0.262 e. The zero-order valence-electron chi connectivity index (χ0n) is 15.3. The van der Waals surface area contributed by atoms with Crippen LogP contribution in [0.1, 0.15) is 16.1 Å². The second-order valence-corrected chi connectivity index (χ2v) is 7.82. The molecule has 2 aromatic heterocycles. The normalized spacial score (nSPS) is 12.9. The van der Waals surface area contributed by atoms with Gasteiger partial charge in [-0.15, -0.1) is 0 Å². The SMILES string of the molecule is Cc1nn(-c2ccccc2)c(Cl)c1C(=O)Nc1nc2cc3c(cc2s1)OCCO3. The summed E-state index contributed by atoms with van der Waals surface area (Å²) in [6.45, 7) is 2.78. The highest BCUT2D eigenvalue weighted by atomic mass is 35.5. The number of aromatic nitrogens is 3. The van der Waals surface area contributed by atoms with E-state index in [-0.39, 0.29) is 11.1 Å². The Morgan fingerprint density at radius 2 is 1.90 bits per heavy atom. The third kappa shape index (κ3) is 3.20. The Kier molecular flexibility index (Phi) is 4.37. The number of fused-ring (bicyclic) bond motifs is 2. The summed E-state index contributed by atoms with van der Waals surface area (Å²) in [5.41, 5.74) is 2.37. The van der Waals surface area contributed by atoms with Gasteiger partial charge in [0.05, 0.1) is 21.6 Å². The molecule has 4 aromatic rings. The lowest BCUT2D eigenvalue weighted by molar-refractivity contribution is 0.102. The number of benzene rings is 2. The highest BCUT2D eigenvalue weighted by Crippen LogP contribution is 2.38. The summed E-state index contributed by atoms with van der Waals surface area (Å²) >= 11 is 7.84. The molecule has 2 aromatic carbocycles. The van der Waals surface area contributed by atoms with E-state index in [0.29, 0.717) is 41.1 Å². The van der Waals surface area contributed by atoms with Crippen LogP contribution in [0.25, 0.3) is 15.9 Å². The van der Waals surface area contributed by atoms with Crippen LogP contribution in [-0.2, 0) is 0 Å². The van der Waals surface area contributed by atoms with Crippen LogP contribution in [0.2, 0.25) is 5.15 Å². The molecular weight excluding hydrogens is 412 g/mol. The Hall–Kier alpha value is -3.10. The van der Waals surface area contributed by atoms with E-state index >= 15 is 0 Å². The van der Waals surface area contributed by atoms with E-state index in [1.807, 2.05) is 42.5 Å². The Bertz CT molecular complexity index is 1190. The van der Waals surface area contributed by atoms with Gasteiger partial charge in [0.1, 0.15) is 23.9 Å². The van der Waals surface area contributed by atoms with Crippen molar-refractivity contribution in [3.05, 3.63) is 58.9 Å². The summed E-state index contributed by atoms with van der Waals surface area (Å²) in [6, 6.07) is 13.1. The summed E-state index contributed by atoms with van der Waals surface area (Å²) in [6.07, 6.45) is 0. The molecule has 0 unspecified atom stereocenters. The molecule has 0 spiro atoms. The average Bonchev–Trinajstić information content (AvgIpc) is 3.25. The van der Waals surface area contributed by atoms with Gasteiger partial charge in [0.15, 0.2) is 16.6 Å². The van der Waals surface area contributed by atoms with Gasteiger partial charge in [0.2, 0.25) is 0 Å². The molecule has 0 bridgehead atoms. The van der Waals surface area contributed by atoms with Crippen LogP contribution in [0.4, 0.5) is 5.13 Å². The maximum Gasteiger partial charge on any atom is 0.262 e. The fourth-order valence-corrected chi connectivity index (χ4v) is 4.40. The third-order valence-electron chi connectivity index (χ3n) is 4.50. The fraction of sp³-hybridized carbons (Fsp3) is 0.150. The number of carbonyl (C=O) groups is 1. The Morgan fingerprint density at radius 3 is 2.66 bits per heavy atom. The monoisotopic (exact) mass is 426 g/mol. The van der Waals surface area contributed by atoms with Crippen LogP contribution in [0.3, 0.4) is 0 Å². The lowest BCUT2D eigenvalue weighted by Gasteiger charge is -2.17. The summed E-state index contributed by atoms with van der Waals surface area (Å²) in [7, 11) is 0. The second-order valence-electron chi connectivity index (χ2n) is 6.44. The number of rotatable bonds is 3. The molecule has 0 saturated heterocycles. The van der Waals surface area contributed by atoms with E-state index in [1.165, 1.54) is 11.3 Å². The first-order chi connectivity index (χ1) is 14.1. The van der Waals surface area contributed by atoms with Crippen molar-refractivity contribution >= 4 is 44.2 Å². The number of anilines is 1. The molecule has 5 rings (SSSR count). The molecule has 0 aliphatic carbocycles. The standard InChI is InChI=1S/C20H15ClN4O3S/c1-11-17(18(21)25(24-11)12-5-3-2-4-6-12)19(26)23-20-22-13-9-14-15(10-16(13)29-20)28-8-7-27-14/h2-6,9-10H,7-8H2,1H3,(H,22,23,26). The molecule has 1 N–H and O–H groups in total. The van der Waals surface area contributed by atoms with Crippen LogP contribution in [0.15, 0.2) is 42.5 Å². The largest absolute Gasteiger partial charge is 0.486 e. The van der Waals surface area contributed by atoms with E-state index in [1.54, 1.807) is 11.6 Å². The molecule has 1 amide bonds. The zero-order valence-corrected chi connectivity index (χ0v) is 16.9. The van der Waals surface area contributed by atoms with Crippen LogP contribution < -0.4 is 14.8 Å². The molecule has 9 heteroatoms. The number of para-hydroxylation sites is 1. The molecule has 0 radical (unpaired) electrons. The van der Waals surface area contributed by atoms with E-state index in [2.05, 4.69) is 15.4 Å². The van der Waals surface area contributed by atoms with Crippen LogP contribution in [0.5, 0.6) is 11.5 Å². The molecular formula is C20H15ClN4O3S. The average molecular weight is 427 g/mol. The topological polar surface area (TPSA) is 78.3 Å². The molecule has 0 fully saturated rings. The summed E-state index contributed by atoms with van der Waals surface area (Å²) < 4.78 is 13.6. The minimum absolute atomic E-state index is 0.254. The van der Waals surface area contributed by atoms with E-state index in [4.69, 9.17) is 21.1 Å². The molecule has 7 nitrogen and oxygen atoms in total. The lowest BCUT2D eigenvalue weighted by Crippen LogP contribution is -2.15. The predicted molar refractivity (Wildman–Crippen MR) is 112 cm³/mol. The van der Waals surface area contributed by atoms with Crippen molar-refractivity contribution in [3.8, 4) is 17.2 Å². The van der Waals surface area contributed by atoms with Gasteiger partial charge in [-0.25, -0.2) is 9.67 Å². The minimum atomic E-state index is -0.356. The summed E-state index contributed by atoms with van der Waals surface area (Å²) in [5.74, 6) is 0.995. The second kappa shape index (κ2) is 7.06. The van der Waals surface area contributed by atoms with Crippen molar-refractivity contribution < 1.29 is 14.3 Å². The van der Waals surface area contributed by atoms with Crippen molar-refractivity contribution in [1.29, 1.82) is 0 Å². The number of halogens is 1. The van der Waals surface area contributed by atoms with Crippen molar-refractivity contribution in [2.24, 2.45) is 0 Å². The Morgan fingerprint density at radius 1 is 1.17 bits per heavy atom. The van der Waals surface area contributed by atoms with Gasteiger partial charge in [-0.05, 0) is 19.1 Å². The highest BCUT2D eigenvalue weighted by Gasteiger charge is 2.23. The van der Waals surface area contributed by atoms with Gasteiger partial charge in [-0.2, -0.15) is 5.10 Å². The van der Waals surface area contributed by atoms with E-state index in [9.17, 15) is 4.79 Å². The van der Waals surface area contributed by atoms with Gasteiger partial charge >= 0.3 is 0 Å². The van der Waals surface area contributed by atoms with Crippen molar-refractivity contribution in [1.82, 2.24) is 14.8 Å². The summed E-state index contributed by atoms with van der Waals surface area (Å²) in [4.78, 5) is 17.4. The molecule has 146 valence electrons. The molecule has 1 aliphatic heterocycles. The first-order valence-corrected chi connectivity index (χ1v) is 10.1. The number of aryl methyl sites for hydroxylation is 1. The lowest BCUT2D eigenvalue weighted by atomic mass is 10.2. The maximum absolute atomic E-state index is 12.9. The number of hydrogen-bond donors (Lipinski definition) is 1. The van der Waals surface area contributed by atoms with Gasteiger partial charge in [-0.3, -0.25) is 10.1 Å². The van der Waals surface area contributed by atoms with Crippen LogP contribution in [-0.4, -0.2) is 33.9 Å². The molecule has 29 heavy (non-hydrogen) atoms. The van der Waals surface area contributed by atoms with Crippen LogP contribution >= 0.6 is 22.9 Å². The highest BCUT2D eigenvalue weighted by molar-refractivity contribution is 7.22. The molecule has 0 saturated carbocycles. The first kappa shape index (κ1) is 18.0. The van der Waals surface area contributed by atoms with Crippen LogP contribution in [0, 0.1) is 6.92 Å². The van der Waals surface area contributed by atoms with Gasteiger partial charge in [0, 0.05) is 12.1 Å². The summed E-state index contributed by atoms with van der Waals surface area (Å²) in [5, 5.41) is 7.97. The molecule has 0 atom stereocenters. The van der Waals surface area contributed by atoms with Gasteiger partial charge < -0.3 is 9.47 Å². The quantitative estimate of drug-likeness (QED) is 0.523. The van der Waals surface area contributed by atoms with E-state index < -0.39 is 0 Å². The van der Waals surface area contributed by atoms with Crippen molar-refractivity contribution in [2.75, 3.05) is 18.5 Å². The number of ether oxygens (including phenoxy) is 2. The number of hydrogen-bond acceptors (Lipinski definition) is 6. The predicted octanol–water partition coefficient (Wildman–Crippen LogP) is 4.47.